The Labute approximate surface area is 159 Å². The molecule has 0 saturated heterocycles. The summed E-state index contributed by atoms with van der Waals surface area (Å²) in [5.74, 6) is -0.285. The lowest BCUT2D eigenvalue weighted by atomic mass is 10.2. The molecule has 0 radical (unpaired) electrons. The molecule has 0 unspecified atom stereocenters. The number of unbranched alkanes of at least 4 members (excludes halogenated alkanes) is 2. The van der Waals surface area contributed by atoms with Crippen LogP contribution in [0.25, 0.3) is 10.8 Å². The third kappa shape index (κ3) is 4.68. The summed E-state index contributed by atoms with van der Waals surface area (Å²) in [6, 6.07) is 6.60. The summed E-state index contributed by atoms with van der Waals surface area (Å²) < 4.78 is 1.17. The Kier molecular flexibility index (Phi) is 6.12. The van der Waals surface area contributed by atoms with Gasteiger partial charge in [0.25, 0.3) is 11.1 Å². The first-order chi connectivity index (χ1) is 13.1. The van der Waals surface area contributed by atoms with Crippen LogP contribution in [0.5, 0.6) is 0 Å². The van der Waals surface area contributed by atoms with Crippen LogP contribution in [0.2, 0.25) is 0 Å². The fourth-order valence-electron chi connectivity index (χ4n) is 2.73. The van der Waals surface area contributed by atoms with E-state index in [1.54, 1.807) is 24.3 Å². The molecule has 142 valence electrons. The molecule has 0 spiro atoms. The van der Waals surface area contributed by atoms with Crippen molar-refractivity contribution in [3.8, 4) is 0 Å². The van der Waals surface area contributed by atoms with E-state index in [9.17, 15) is 14.4 Å². The lowest BCUT2D eigenvalue weighted by Gasteiger charge is -2.06. The number of nitrogens with zero attached hydrogens (tertiary/aromatic N) is 3. The summed E-state index contributed by atoms with van der Waals surface area (Å²) in [6.45, 7) is 2.22. The largest absolute Gasteiger partial charge is 0.300 e. The molecule has 0 fully saturated rings. The molecule has 3 aromatic rings. The average molecular weight is 387 g/mol. The Morgan fingerprint density at radius 2 is 1.96 bits per heavy atom. The molecule has 2 N–H and O–H groups in total. The van der Waals surface area contributed by atoms with Crippen molar-refractivity contribution in [3.05, 3.63) is 50.0 Å². The second-order valence-corrected chi connectivity index (χ2v) is 7.26. The number of carbonyl (C=O) groups excluding carboxylic acids is 1. The van der Waals surface area contributed by atoms with E-state index in [0.717, 1.165) is 30.7 Å². The predicted octanol–water partition coefficient (Wildman–Crippen LogP) is 2.30. The molecule has 0 aliphatic heterocycles. The average Bonchev–Trinajstić information content (AvgIpc) is 3.11. The number of benzene rings is 1. The van der Waals surface area contributed by atoms with Crippen molar-refractivity contribution in [1.29, 1.82) is 0 Å². The Balaban J connectivity index is 1.61. The monoisotopic (exact) mass is 387 g/mol. The quantitative estimate of drug-likeness (QED) is 0.576. The molecule has 27 heavy (non-hydrogen) atoms. The van der Waals surface area contributed by atoms with Gasteiger partial charge in [-0.15, -0.1) is 10.2 Å². The van der Waals surface area contributed by atoms with Crippen LogP contribution in [-0.2, 0) is 17.8 Å². The maximum atomic E-state index is 12.4. The molecule has 0 saturated carbocycles. The molecular formula is C18H21N5O3S. The molecule has 2 aromatic heterocycles. The van der Waals surface area contributed by atoms with Gasteiger partial charge in [0, 0.05) is 12.8 Å². The predicted molar refractivity (Wildman–Crippen MR) is 105 cm³/mol. The van der Waals surface area contributed by atoms with Crippen molar-refractivity contribution >= 4 is 33.1 Å². The minimum absolute atomic E-state index is 0.0406. The lowest BCUT2D eigenvalue weighted by Crippen LogP contribution is -2.31. The first kappa shape index (κ1) is 19.0. The normalized spacial score (nSPS) is 11.0. The highest BCUT2D eigenvalue weighted by Crippen LogP contribution is 2.17. The number of hydrogen-bond acceptors (Lipinski definition) is 6. The number of aromatic amines is 1. The first-order valence-electron chi connectivity index (χ1n) is 8.92. The van der Waals surface area contributed by atoms with E-state index < -0.39 is 0 Å². The van der Waals surface area contributed by atoms with Crippen LogP contribution in [0.15, 0.2) is 33.9 Å². The van der Waals surface area contributed by atoms with Gasteiger partial charge in [-0.25, -0.2) is 4.68 Å². The third-order valence-corrected chi connectivity index (χ3v) is 5.05. The van der Waals surface area contributed by atoms with Crippen molar-refractivity contribution in [1.82, 2.24) is 20.0 Å². The minimum atomic E-state index is -0.355. The van der Waals surface area contributed by atoms with Crippen LogP contribution in [0.4, 0.5) is 5.13 Å². The summed E-state index contributed by atoms with van der Waals surface area (Å²) in [7, 11) is 0. The molecule has 0 atom stereocenters. The Morgan fingerprint density at radius 3 is 2.74 bits per heavy atom. The van der Waals surface area contributed by atoms with Crippen molar-refractivity contribution in [2.24, 2.45) is 0 Å². The van der Waals surface area contributed by atoms with Gasteiger partial charge in [0.1, 0.15) is 5.01 Å². The number of rotatable bonds is 8. The summed E-state index contributed by atoms with van der Waals surface area (Å²) >= 11 is 1.36. The van der Waals surface area contributed by atoms with Gasteiger partial charge in [0.2, 0.25) is 11.0 Å². The molecule has 0 bridgehead atoms. The second kappa shape index (κ2) is 8.72. The van der Waals surface area contributed by atoms with E-state index in [4.69, 9.17) is 0 Å². The van der Waals surface area contributed by atoms with Gasteiger partial charge >= 0.3 is 0 Å². The van der Waals surface area contributed by atoms with Crippen LogP contribution < -0.4 is 16.4 Å². The molecule has 8 nitrogen and oxygen atoms in total. The van der Waals surface area contributed by atoms with Gasteiger partial charge < -0.3 is 5.32 Å². The van der Waals surface area contributed by atoms with Crippen LogP contribution in [-0.4, -0.2) is 25.9 Å². The van der Waals surface area contributed by atoms with Crippen molar-refractivity contribution in [2.75, 3.05) is 5.32 Å². The molecule has 3 rings (SSSR count). The van der Waals surface area contributed by atoms with Crippen molar-refractivity contribution in [2.45, 2.75) is 45.6 Å². The molecule has 0 aliphatic carbocycles. The topological polar surface area (TPSA) is 110 Å². The molecule has 0 aliphatic rings. The molecule has 2 heterocycles. The van der Waals surface area contributed by atoms with Gasteiger partial charge in [0.15, 0.2) is 0 Å². The van der Waals surface area contributed by atoms with Crippen LogP contribution in [0.3, 0.4) is 0 Å². The number of carbonyl (C=O) groups is 1. The van der Waals surface area contributed by atoms with Crippen molar-refractivity contribution in [3.63, 3.8) is 0 Å². The Bertz CT molecular complexity index is 1050. The fraction of sp³-hybridized carbons (Fsp3) is 0.389. The van der Waals surface area contributed by atoms with E-state index in [1.807, 2.05) is 0 Å². The maximum Gasteiger partial charge on any atom is 0.273 e. The third-order valence-electron chi connectivity index (χ3n) is 4.15. The highest BCUT2D eigenvalue weighted by Gasteiger charge is 2.11. The SMILES string of the molecule is CCCCCc1nnc(NC(=O)CCn2[nH]c(=O)c3ccccc3c2=O)s1. The number of H-pyrrole nitrogens is 1. The second-order valence-electron chi connectivity index (χ2n) is 6.20. The summed E-state index contributed by atoms with van der Waals surface area (Å²) in [5, 5.41) is 15.3. The summed E-state index contributed by atoms with van der Waals surface area (Å²) in [5.41, 5.74) is -0.682. The standard InChI is InChI=1S/C18H21N5O3S/c1-2-3-4-9-15-20-21-18(27-15)19-14(24)10-11-23-17(26)13-8-6-5-7-12(13)16(25)22-23/h5-8H,2-4,9-11H2,1H3,(H,22,25)(H,19,21,24). The molecule has 9 heteroatoms. The Hall–Kier alpha value is -2.81. The Morgan fingerprint density at radius 1 is 1.19 bits per heavy atom. The lowest BCUT2D eigenvalue weighted by molar-refractivity contribution is -0.116. The number of hydrogen-bond donors (Lipinski definition) is 2. The van der Waals surface area contributed by atoms with Gasteiger partial charge in [-0.3, -0.25) is 19.5 Å². The summed E-state index contributed by atoms with van der Waals surface area (Å²) in [4.78, 5) is 36.6. The van der Waals surface area contributed by atoms with E-state index in [0.29, 0.717) is 15.9 Å². The van der Waals surface area contributed by atoms with Crippen LogP contribution >= 0.6 is 11.3 Å². The zero-order chi connectivity index (χ0) is 19.2. The number of anilines is 1. The number of aromatic nitrogens is 4. The van der Waals surface area contributed by atoms with E-state index in [1.165, 1.54) is 16.0 Å². The zero-order valence-electron chi connectivity index (χ0n) is 15.0. The van der Waals surface area contributed by atoms with Crippen LogP contribution in [0.1, 0.15) is 37.6 Å². The van der Waals surface area contributed by atoms with E-state index in [2.05, 4.69) is 27.5 Å². The van der Waals surface area contributed by atoms with Gasteiger partial charge in [-0.1, -0.05) is 43.2 Å². The van der Waals surface area contributed by atoms with Crippen molar-refractivity contribution < 1.29 is 4.79 Å². The highest BCUT2D eigenvalue weighted by atomic mass is 32.1. The zero-order valence-corrected chi connectivity index (χ0v) is 15.8. The van der Waals surface area contributed by atoms with E-state index in [-0.39, 0.29) is 30.0 Å². The van der Waals surface area contributed by atoms with E-state index >= 15 is 0 Å². The number of nitrogens with one attached hydrogen (secondary N) is 2. The molecule has 1 aromatic carbocycles. The fourth-order valence-corrected chi connectivity index (χ4v) is 3.53. The first-order valence-corrected chi connectivity index (χ1v) is 9.74. The van der Waals surface area contributed by atoms with Gasteiger partial charge in [0.05, 0.1) is 17.3 Å². The molecule has 1 amide bonds. The number of aryl methyl sites for hydroxylation is 2. The van der Waals surface area contributed by atoms with Crippen LogP contribution in [0, 0.1) is 0 Å². The minimum Gasteiger partial charge on any atom is -0.300 e. The van der Waals surface area contributed by atoms with Gasteiger partial charge in [-0.05, 0) is 18.6 Å². The number of fused-ring (bicyclic) bond motifs is 1. The highest BCUT2D eigenvalue weighted by molar-refractivity contribution is 7.15. The maximum absolute atomic E-state index is 12.4. The smallest absolute Gasteiger partial charge is 0.273 e. The van der Waals surface area contributed by atoms with Gasteiger partial charge in [-0.2, -0.15) is 0 Å². The molecular weight excluding hydrogens is 366 g/mol. The number of amides is 1. The summed E-state index contributed by atoms with van der Waals surface area (Å²) in [6.07, 6.45) is 4.23.